The summed E-state index contributed by atoms with van der Waals surface area (Å²) in [5.41, 5.74) is 9.74. The number of hydrogen-bond donors (Lipinski definition) is 1. The predicted molar refractivity (Wildman–Crippen MR) is 177 cm³/mol. The number of rotatable bonds is 3. The molecule has 0 saturated heterocycles. The van der Waals surface area contributed by atoms with Crippen LogP contribution in [0.15, 0.2) is 143 Å². The van der Waals surface area contributed by atoms with Gasteiger partial charge in [-0.3, -0.25) is 0 Å². The number of para-hydroxylation sites is 3. The lowest BCUT2D eigenvalue weighted by Crippen LogP contribution is -2.32. The van der Waals surface area contributed by atoms with E-state index in [1.165, 1.54) is 5.39 Å². The number of aromatic nitrogens is 1. The van der Waals surface area contributed by atoms with E-state index in [4.69, 9.17) is 9.41 Å². The molecule has 0 fully saturated rings. The lowest BCUT2D eigenvalue weighted by molar-refractivity contribution is 0.669. The van der Waals surface area contributed by atoms with E-state index in [1.807, 2.05) is 42.5 Å². The number of nitriles is 1. The molecule has 0 amide bonds. The molecule has 6 aromatic carbocycles. The van der Waals surface area contributed by atoms with Gasteiger partial charge in [0.25, 0.3) is 0 Å². The van der Waals surface area contributed by atoms with Crippen LogP contribution in [-0.2, 0) is 0 Å². The summed E-state index contributed by atoms with van der Waals surface area (Å²) in [5.74, 6) is 0.793. The predicted octanol–water partition coefficient (Wildman–Crippen LogP) is 9.33. The summed E-state index contributed by atoms with van der Waals surface area (Å²) in [6.45, 7) is 0. The molecule has 1 aliphatic rings. The molecule has 0 spiro atoms. The molecule has 0 aliphatic carbocycles. The number of fused-ring (bicyclic) bond motifs is 7. The lowest BCUT2D eigenvalue weighted by Gasteiger charge is -2.28. The average molecular weight is 565 g/mol. The second-order valence-electron chi connectivity index (χ2n) is 11.2. The highest BCUT2D eigenvalue weighted by atomic mass is 16.3. The van der Waals surface area contributed by atoms with Crippen molar-refractivity contribution in [1.29, 1.82) is 5.26 Å². The molecule has 0 radical (unpaired) electrons. The highest BCUT2D eigenvalue weighted by Crippen LogP contribution is 2.39. The number of nitrogens with zero attached hydrogens (tertiary/aromatic N) is 3. The first-order valence-corrected chi connectivity index (χ1v) is 14.6. The summed E-state index contributed by atoms with van der Waals surface area (Å²) in [7, 11) is 0. The fourth-order valence-corrected chi connectivity index (χ4v) is 6.66. The maximum absolute atomic E-state index is 9.55. The van der Waals surface area contributed by atoms with Gasteiger partial charge in [0, 0.05) is 38.4 Å². The van der Waals surface area contributed by atoms with Gasteiger partial charge in [0.05, 0.1) is 34.4 Å². The second kappa shape index (κ2) is 9.45. The van der Waals surface area contributed by atoms with Gasteiger partial charge in [-0.25, -0.2) is 4.99 Å². The minimum atomic E-state index is -0.133. The van der Waals surface area contributed by atoms with Crippen LogP contribution in [0.4, 0.5) is 5.69 Å². The first-order valence-electron chi connectivity index (χ1n) is 14.6. The molecule has 8 aromatic rings. The standard InChI is InChI=1S/C39H24N4O/c40-23-24-9-7-10-25(19-24)38-30-15-1-4-16-33(30)41-39(42-38)26-11-8-12-27(20-26)43-34-17-5-2-13-28(34)31-22-37-32(21-35(31)43)29-14-3-6-18-36(29)44-37/h1-22,38H,(H,41,42). The van der Waals surface area contributed by atoms with Crippen molar-refractivity contribution in [3.05, 3.63) is 156 Å². The van der Waals surface area contributed by atoms with Crippen molar-refractivity contribution in [2.24, 2.45) is 4.99 Å². The largest absolute Gasteiger partial charge is 0.456 e. The summed E-state index contributed by atoms with van der Waals surface area (Å²) >= 11 is 0. The topological polar surface area (TPSA) is 66.2 Å². The first-order chi connectivity index (χ1) is 21.7. The Morgan fingerprint density at radius 3 is 2.41 bits per heavy atom. The molecular weight excluding hydrogens is 540 g/mol. The van der Waals surface area contributed by atoms with Gasteiger partial charge in [-0.1, -0.05) is 78.9 Å². The third-order valence-corrected chi connectivity index (χ3v) is 8.66. The van der Waals surface area contributed by atoms with Crippen molar-refractivity contribution in [3.8, 4) is 11.8 Å². The quantitative estimate of drug-likeness (QED) is 0.233. The van der Waals surface area contributed by atoms with Crippen LogP contribution < -0.4 is 5.32 Å². The van der Waals surface area contributed by atoms with Gasteiger partial charge in [-0.15, -0.1) is 0 Å². The van der Waals surface area contributed by atoms with Crippen LogP contribution in [0.1, 0.15) is 28.3 Å². The number of amidine groups is 1. The van der Waals surface area contributed by atoms with Crippen molar-refractivity contribution >= 4 is 55.3 Å². The lowest BCUT2D eigenvalue weighted by atomic mass is 9.94. The number of furan rings is 1. The maximum atomic E-state index is 9.55. The summed E-state index contributed by atoms with van der Waals surface area (Å²) in [4.78, 5) is 5.07. The first kappa shape index (κ1) is 24.5. The van der Waals surface area contributed by atoms with Crippen molar-refractivity contribution in [2.75, 3.05) is 0 Å². The Bertz CT molecular complexity index is 2510. The fraction of sp³-hybridized carbons (Fsp3) is 0.0256. The number of aliphatic imine (C=N–C) groups is 1. The minimum absolute atomic E-state index is 0.133. The van der Waals surface area contributed by atoms with Gasteiger partial charge >= 0.3 is 0 Å². The van der Waals surface area contributed by atoms with Gasteiger partial charge in [0.15, 0.2) is 0 Å². The second-order valence-corrected chi connectivity index (χ2v) is 11.2. The minimum Gasteiger partial charge on any atom is -0.456 e. The normalized spacial score (nSPS) is 14.4. The Labute approximate surface area is 252 Å². The van der Waals surface area contributed by atoms with E-state index in [-0.39, 0.29) is 6.04 Å². The molecule has 206 valence electrons. The summed E-state index contributed by atoms with van der Waals surface area (Å²) < 4.78 is 8.60. The molecule has 1 aliphatic heterocycles. The Hall–Kier alpha value is -6.12. The van der Waals surface area contributed by atoms with Gasteiger partial charge in [-0.05, 0) is 60.2 Å². The van der Waals surface area contributed by atoms with Crippen LogP contribution in [-0.4, -0.2) is 10.4 Å². The summed E-state index contributed by atoms with van der Waals surface area (Å²) in [5, 5.41) is 17.8. The molecule has 1 N–H and O–H groups in total. The molecule has 2 aromatic heterocycles. The highest BCUT2D eigenvalue weighted by Gasteiger charge is 2.25. The Morgan fingerprint density at radius 2 is 1.48 bits per heavy atom. The van der Waals surface area contributed by atoms with Gasteiger partial charge in [0.2, 0.25) is 0 Å². The van der Waals surface area contributed by atoms with Crippen LogP contribution in [0.2, 0.25) is 0 Å². The van der Waals surface area contributed by atoms with Crippen molar-refractivity contribution < 1.29 is 4.42 Å². The van der Waals surface area contributed by atoms with Crippen molar-refractivity contribution in [1.82, 2.24) is 9.88 Å². The Morgan fingerprint density at radius 1 is 0.659 bits per heavy atom. The summed E-state index contributed by atoms with van der Waals surface area (Å²) in [6.07, 6.45) is 0. The SMILES string of the molecule is N#Cc1cccc(C2NC(c3cccc(-n4c5ccccc5c5cc6oc7ccccc7c6cc54)c3)=Nc3ccccc32)c1. The van der Waals surface area contributed by atoms with Gasteiger partial charge in [-0.2, -0.15) is 5.26 Å². The molecule has 1 unspecified atom stereocenters. The third-order valence-electron chi connectivity index (χ3n) is 8.66. The number of benzene rings is 6. The van der Waals surface area contributed by atoms with E-state index >= 15 is 0 Å². The van der Waals surface area contributed by atoms with Crippen LogP contribution in [0.25, 0.3) is 49.4 Å². The van der Waals surface area contributed by atoms with Crippen LogP contribution in [0.5, 0.6) is 0 Å². The maximum Gasteiger partial charge on any atom is 0.136 e. The van der Waals surface area contributed by atoms with Crippen LogP contribution >= 0.6 is 0 Å². The molecule has 5 heteroatoms. The van der Waals surface area contributed by atoms with Gasteiger partial charge in [0.1, 0.15) is 17.0 Å². The van der Waals surface area contributed by atoms with Crippen LogP contribution in [0, 0.1) is 11.3 Å². The fourth-order valence-electron chi connectivity index (χ4n) is 6.66. The number of hydrogen-bond acceptors (Lipinski definition) is 4. The van der Waals surface area contributed by atoms with Crippen molar-refractivity contribution in [3.63, 3.8) is 0 Å². The smallest absolute Gasteiger partial charge is 0.136 e. The Balaban J connectivity index is 1.23. The zero-order chi connectivity index (χ0) is 29.2. The van der Waals surface area contributed by atoms with Gasteiger partial charge < -0.3 is 14.3 Å². The van der Waals surface area contributed by atoms with Crippen molar-refractivity contribution in [2.45, 2.75) is 6.04 Å². The molecule has 9 rings (SSSR count). The van der Waals surface area contributed by atoms with Crippen LogP contribution in [0.3, 0.4) is 0 Å². The van der Waals surface area contributed by atoms with E-state index < -0.39 is 0 Å². The third kappa shape index (κ3) is 3.68. The molecule has 1 atom stereocenters. The monoisotopic (exact) mass is 564 g/mol. The zero-order valence-electron chi connectivity index (χ0n) is 23.5. The molecule has 3 heterocycles. The Kier molecular flexibility index (Phi) is 5.26. The zero-order valence-corrected chi connectivity index (χ0v) is 23.5. The van der Waals surface area contributed by atoms with E-state index in [0.717, 1.165) is 72.3 Å². The molecule has 44 heavy (non-hydrogen) atoms. The highest BCUT2D eigenvalue weighted by molar-refractivity contribution is 6.17. The molecule has 5 nitrogen and oxygen atoms in total. The number of nitrogens with one attached hydrogen (secondary N) is 1. The average Bonchev–Trinajstić information content (AvgIpc) is 3.61. The molecule has 0 bridgehead atoms. The van der Waals surface area contributed by atoms with E-state index in [1.54, 1.807) is 0 Å². The summed E-state index contributed by atoms with van der Waals surface area (Å²) in [6, 6.07) is 47.8. The molecule has 0 saturated carbocycles. The molecular formula is C39H24N4O. The van der Waals surface area contributed by atoms with E-state index in [9.17, 15) is 5.26 Å². The van der Waals surface area contributed by atoms with E-state index in [2.05, 4.69) is 107 Å². The van der Waals surface area contributed by atoms with E-state index in [0.29, 0.717) is 5.56 Å².